The largest absolute Gasteiger partial charge is 0.399 e. The minimum atomic E-state index is -4.37. The number of anilines is 1. The number of pyridine rings is 1. The molecule has 0 amide bonds. The number of alkyl halides is 3. The summed E-state index contributed by atoms with van der Waals surface area (Å²) in [5.41, 5.74) is -1.62. The molecule has 1 aliphatic heterocycles. The average Bonchev–Trinajstić information content (AvgIpc) is 3.27. The van der Waals surface area contributed by atoms with Crippen molar-refractivity contribution in [3.05, 3.63) is 42.3 Å². The number of sulfone groups is 1. The Bertz CT molecular complexity index is 793. The second-order valence-electron chi connectivity index (χ2n) is 5.77. The van der Waals surface area contributed by atoms with Crippen LogP contribution < -0.4 is 4.90 Å². The predicted molar refractivity (Wildman–Crippen MR) is 79.6 cm³/mol. The maximum Gasteiger partial charge on any atom is 0.399 e. The monoisotopic (exact) mass is 344 g/mol. The molecular formula is C15H15F3N2O2S. The molecular weight excluding hydrogens is 329 g/mol. The van der Waals surface area contributed by atoms with Crippen LogP contribution in [-0.2, 0) is 9.84 Å². The molecule has 1 aliphatic carbocycles. The van der Waals surface area contributed by atoms with E-state index >= 15 is 0 Å². The molecule has 0 aromatic carbocycles. The number of hydrogen-bond acceptors (Lipinski definition) is 4. The van der Waals surface area contributed by atoms with Crippen LogP contribution in [0.2, 0.25) is 0 Å². The van der Waals surface area contributed by atoms with Crippen LogP contribution in [0.1, 0.15) is 12.8 Å². The molecule has 23 heavy (non-hydrogen) atoms. The fourth-order valence-corrected chi connectivity index (χ4v) is 3.65. The van der Waals surface area contributed by atoms with Gasteiger partial charge in [-0.1, -0.05) is 12.2 Å². The SMILES string of the molecule is CS(=O)(=O)c1ncccc1N1CC=CC=C1C1(C(F)(F)F)CC1. The molecule has 0 N–H and O–H groups in total. The molecule has 4 nitrogen and oxygen atoms in total. The van der Waals surface area contributed by atoms with Crippen LogP contribution in [-0.4, -0.2) is 32.4 Å². The lowest BCUT2D eigenvalue weighted by Gasteiger charge is -2.35. The van der Waals surface area contributed by atoms with Gasteiger partial charge in [-0.15, -0.1) is 0 Å². The summed E-state index contributed by atoms with van der Waals surface area (Å²) >= 11 is 0. The summed E-state index contributed by atoms with van der Waals surface area (Å²) in [6.45, 7) is 0.178. The number of nitrogens with zero attached hydrogens (tertiary/aromatic N) is 2. The number of allylic oxidation sites excluding steroid dienone is 3. The fourth-order valence-electron chi connectivity index (χ4n) is 2.84. The Hall–Kier alpha value is -1.83. The maximum atomic E-state index is 13.5. The summed E-state index contributed by atoms with van der Waals surface area (Å²) in [6.07, 6.45) is 2.67. The highest BCUT2D eigenvalue weighted by Crippen LogP contribution is 2.63. The first-order chi connectivity index (χ1) is 10.7. The topological polar surface area (TPSA) is 50.3 Å². The second-order valence-corrected chi connectivity index (χ2v) is 7.70. The van der Waals surface area contributed by atoms with Crippen molar-refractivity contribution in [3.8, 4) is 0 Å². The highest BCUT2D eigenvalue weighted by Gasteiger charge is 2.66. The lowest BCUT2D eigenvalue weighted by Crippen LogP contribution is -2.38. The van der Waals surface area contributed by atoms with Crippen LogP contribution in [0.15, 0.2) is 47.3 Å². The third kappa shape index (κ3) is 2.65. The van der Waals surface area contributed by atoms with Gasteiger partial charge >= 0.3 is 6.18 Å². The van der Waals surface area contributed by atoms with Crippen molar-refractivity contribution >= 4 is 15.5 Å². The highest BCUT2D eigenvalue weighted by molar-refractivity contribution is 7.90. The number of rotatable bonds is 3. The first-order valence-corrected chi connectivity index (χ1v) is 8.93. The van der Waals surface area contributed by atoms with Crippen LogP contribution in [0.5, 0.6) is 0 Å². The van der Waals surface area contributed by atoms with Gasteiger partial charge in [-0.3, -0.25) is 0 Å². The van der Waals surface area contributed by atoms with Crippen LogP contribution in [0.3, 0.4) is 0 Å². The number of aromatic nitrogens is 1. The number of hydrogen-bond donors (Lipinski definition) is 0. The second kappa shape index (κ2) is 5.09. The highest BCUT2D eigenvalue weighted by atomic mass is 32.2. The Kier molecular flexibility index (Phi) is 3.55. The zero-order valence-corrected chi connectivity index (χ0v) is 13.2. The van der Waals surface area contributed by atoms with E-state index in [1.165, 1.54) is 29.3 Å². The van der Waals surface area contributed by atoms with Gasteiger partial charge in [0.2, 0.25) is 0 Å². The Morgan fingerprint density at radius 3 is 2.57 bits per heavy atom. The van der Waals surface area contributed by atoms with E-state index in [2.05, 4.69) is 4.98 Å². The van der Waals surface area contributed by atoms with E-state index in [-0.39, 0.29) is 35.8 Å². The van der Waals surface area contributed by atoms with Gasteiger partial charge in [-0.25, -0.2) is 13.4 Å². The fraction of sp³-hybridized carbons (Fsp3) is 0.400. The summed E-state index contributed by atoms with van der Waals surface area (Å²) in [4.78, 5) is 5.27. The van der Waals surface area contributed by atoms with Crippen molar-refractivity contribution in [2.75, 3.05) is 17.7 Å². The predicted octanol–water partition coefficient (Wildman–Crippen LogP) is 3.09. The van der Waals surface area contributed by atoms with E-state index in [1.807, 2.05) is 0 Å². The minimum Gasteiger partial charge on any atom is -0.338 e. The van der Waals surface area contributed by atoms with Crippen LogP contribution in [0, 0.1) is 5.41 Å². The Morgan fingerprint density at radius 2 is 2.00 bits per heavy atom. The van der Waals surface area contributed by atoms with Gasteiger partial charge in [0.05, 0.1) is 5.69 Å². The molecule has 0 bridgehead atoms. The molecule has 0 radical (unpaired) electrons. The summed E-state index contributed by atoms with van der Waals surface area (Å²) in [7, 11) is -3.65. The molecule has 0 saturated heterocycles. The lowest BCUT2D eigenvalue weighted by atomic mass is 9.97. The van der Waals surface area contributed by atoms with Crippen LogP contribution in [0.4, 0.5) is 18.9 Å². The molecule has 3 rings (SSSR count). The molecule has 0 spiro atoms. The summed E-state index contributed by atoms with van der Waals surface area (Å²) in [6, 6.07) is 3.01. The molecule has 8 heteroatoms. The van der Waals surface area contributed by atoms with Crippen molar-refractivity contribution in [3.63, 3.8) is 0 Å². The van der Waals surface area contributed by atoms with Gasteiger partial charge in [0, 0.05) is 24.7 Å². The molecule has 0 unspecified atom stereocenters. The van der Waals surface area contributed by atoms with Crippen molar-refractivity contribution in [2.24, 2.45) is 5.41 Å². The summed E-state index contributed by atoms with van der Waals surface area (Å²) in [5, 5.41) is -0.209. The molecule has 124 valence electrons. The normalized spacial score (nSPS) is 20.3. The molecule has 2 aliphatic rings. The third-order valence-electron chi connectivity index (χ3n) is 4.14. The van der Waals surface area contributed by atoms with Gasteiger partial charge in [-0.2, -0.15) is 13.2 Å². The van der Waals surface area contributed by atoms with Crippen molar-refractivity contribution < 1.29 is 21.6 Å². The molecule has 1 aromatic heterocycles. The summed E-state index contributed by atoms with van der Waals surface area (Å²) in [5.74, 6) is 0. The Morgan fingerprint density at radius 1 is 1.30 bits per heavy atom. The standard InChI is InChI=1S/C15H15F3N2O2S/c1-23(21,22)13-11(5-4-9-19-13)20-10-3-2-6-12(20)14(7-8-14)15(16,17)18/h2-6,9H,7-8,10H2,1H3. The van der Waals surface area contributed by atoms with Gasteiger partial charge in [0.1, 0.15) is 5.41 Å². The van der Waals surface area contributed by atoms with Gasteiger partial charge in [-0.05, 0) is 31.1 Å². The average molecular weight is 344 g/mol. The van der Waals surface area contributed by atoms with E-state index in [4.69, 9.17) is 0 Å². The first-order valence-electron chi connectivity index (χ1n) is 7.03. The first kappa shape index (κ1) is 16.0. The van der Waals surface area contributed by atoms with E-state index in [1.54, 1.807) is 12.2 Å². The molecule has 1 aromatic rings. The molecule has 0 atom stereocenters. The van der Waals surface area contributed by atoms with E-state index in [9.17, 15) is 21.6 Å². The van der Waals surface area contributed by atoms with Gasteiger partial charge in [0.25, 0.3) is 0 Å². The third-order valence-corrected chi connectivity index (χ3v) is 5.16. The molecule has 1 fully saturated rings. The quantitative estimate of drug-likeness (QED) is 0.845. The van der Waals surface area contributed by atoms with Crippen LogP contribution >= 0.6 is 0 Å². The zero-order chi connectivity index (χ0) is 16.9. The van der Waals surface area contributed by atoms with E-state index in [0.29, 0.717) is 0 Å². The van der Waals surface area contributed by atoms with E-state index in [0.717, 1.165) is 6.26 Å². The Labute approximate surface area is 132 Å². The van der Waals surface area contributed by atoms with Crippen molar-refractivity contribution in [2.45, 2.75) is 24.0 Å². The van der Waals surface area contributed by atoms with Gasteiger partial charge in [0.15, 0.2) is 14.9 Å². The lowest BCUT2D eigenvalue weighted by molar-refractivity contribution is -0.175. The molecule has 2 heterocycles. The molecule has 1 saturated carbocycles. The Balaban J connectivity index is 2.11. The minimum absolute atomic E-state index is 0.0150. The van der Waals surface area contributed by atoms with E-state index < -0.39 is 21.4 Å². The van der Waals surface area contributed by atoms with Gasteiger partial charge < -0.3 is 4.90 Å². The van der Waals surface area contributed by atoms with Crippen molar-refractivity contribution in [1.82, 2.24) is 4.98 Å². The maximum absolute atomic E-state index is 13.5. The number of halogens is 3. The van der Waals surface area contributed by atoms with Crippen molar-refractivity contribution in [1.29, 1.82) is 0 Å². The summed E-state index contributed by atoms with van der Waals surface area (Å²) < 4.78 is 64.3. The van der Waals surface area contributed by atoms with Crippen LogP contribution in [0.25, 0.3) is 0 Å². The smallest absolute Gasteiger partial charge is 0.338 e. The zero-order valence-electron chi connectivity index (χ0n) is 12.3.